The zero-order valence-electron chi connectivity index (χ0n) is 13.4. The van der Waals surface area contributed by atoms with Crippen LogP contribution >= 0.6 is 0 Å². The summed E-state index contributed by atoms with van der Waals surface area (Å²) in [5.41, 5.74) is 1.03. The summed E-state index contributed by atoms with van der Waals surface area (Å²) in [5, 5.41) is 19.1. The highest BCUT2D eigenvalue weighted by molar-refractivity contribution is 5.61. The lowest BCUT2D eigenvalue weighted by molar-refractivity contribution is -0.239. The van der Waals surface area contributed by atoms with E-state index in [0.29, 0.717) is 0 Å². The average Bonchev–Trinajstić information content (AvgIpc) is 2.92. The van der Waals surface area contributed by atoms with Crippen molar-refractivity contribution in [2.45, 2.75) is 29.9 Å². The maximum absolute atomic E-state index is 14.4. The normalized spacial score (nSPS) is 26.5. The lowest BCUT2D eigenvalue weighted by Crippen LogP contribution is -2.53. The topological polar surface area (TPSA) is 79.3 Å². The van der Waals surface area contributed by atoms with Crippen molar-refractivity contribution in [1.29, 1.82) is 5.26 Å². The van der Waals surface area contributed by atoms with E-state index in [1.807, 2.05) is 0 Å². The number of hydrogen-bond acceptors (Lipinski definition) is 4. The van der Waals surface area contributed by atoms with E-state index in [1.54, 1.807) is 6.07 Å². The van der Waals surface area contributed by atoms with Crippen LogP contribution in [0.3, 0.4) is 0 Å². The second-order valence-corrected chi connectivity index (χ2v) is 6.63. The van der Waals surface area contributed by atoms with Gasteiger partial charge < -0.3 is 15.6 Å². The first kappa shape index (κ1) is 17.7. The first-order valence-electron chi connectivity index (χ1n) is 7.82. The van der Waals surface area contributed by atoms with E-state index < -0.39 is 46.9 Å². The number of rotatable bonds is 2. The second-order valence-electron chi connectivity index (χ2n) is 6.63. The van der Waals surface area contributed by atoms with Gasteiger partial charge >= 0.3 is 11.8 Å². The largest absolute Gasteiger partial charge is 0.457 e. The highest BCUT2D eigenvalue weighted by Gasteiger charge is 2.77. The van der Waals surface area contributed by atoms with Crippen molar-refractivity contribution in [2.75, 3.05) is 0 Å². The van der Waals surface area contributed by atoms with E-state index in [4.69, 9.17) is 15.7 Å². The van der Waals surface area contributed by atoms with Crippen LogP contribution in [0.2, 0.25) is 0 Å². The van der Waals surface area contributed by atoms with Crippen molar-refractivity contribution in [3.63, 3.8) is 0 Å². The Balaban J connectivity index is 1.89. The number of nitrogens with two attached hydrogens (primary N) is 1. The SMILES string of the molecule is N#Cc1cc(F)cc(Oc2ccc3c4c2C(O)CC4(N)C(F)(F)C3(F)F)c1. The molecule has 2 aromatic carbocycles. The molecule has 0 spiro atoms. The summed E-state index contributed by atoms with van der Waals surface area (Å²) in [4.78, 5) is 0. The average molecular weight is 382 g/mol. The van der Waals surface area contributed by atoms with Gasteiger partial charge in [0, 0.05) is 23.6 Å². The van der Waals surface area contributed by atoms with Crippen molar-refractivity contribution < 1.29 is 31.8 Å². The first-order valence-corrected chi connectivity index (χ1v) is 7.82. The molecular formula is C18H11F5N2O2. The molecule has 0 aromatic heterocycles. The molecule has 2 unspecified atom stereocenters. The van der Waals surface area contributed by atoms with Crippen molar-refractivity contribution in [3.8, 4) is 17.6 Å². The molecule has 3 N–H and O–H groups in total. The summed E-state index contributed by atoms with van der Waals surface area (Å²) in [6.07, 6.45) is -2.38. The molecule has 0 heterocycles. The smallest absolute Gasteiger partial charge is 0.337 e. The van der Waals surface area contributed by atoms with Gasteiger partial charge in [0.2, 0.25) is 0 Å². The van der Waals surface area contributed by atoms with Crippen LogP contribution in [0.15, 0.2) is 30.3 Å². The van der Waals surface area contributed by atoms with E-state index in [1.165, 1.54) is 6.07 Å². The third kappa shape index (κ3) is 2.08. The Morgan fingerprint density at radius 2 is 1.89 bits per heavy atom. The van der Waals surface area contributed by atoms with Crippen molar-refractivity contribution in [2.24, 2.45) is 5.73 Å². The van der Waals surface area contributed by atoms with Gasteiger partial charge in [0.25, 0.3) is 0 Å². The summed E-state index contributed by atoms with van der Waals surface area (Å²) in [6.45, 7) is 0. The maximum Gasteiger partial charge on any atom is 0.337 e. The van der Waals surface area contributed by atoms with Crippen LogP contribution in [0.4, 0.5) is 22.0 Å². The van der Waals surface area contributed by atoms with Gasteiger partial charge in [-0.05, 0) is 29.8 Å². The summed E-state index contributed by atoms with van der Waals surface area (Å²) >= 11 is 0. The van der Waals surface area contributed by atoms with Gasteiger partial charge in [0.05, 0.1) is 17.7 Å². The number of ether oxygens (including phenoxy) is 1. The summed E-state index contributed by atoms with van der Waals surface area (Å²) < 4.78 is 76.2. The zero-order chi connectivity index (χ0) is 19.8. The van der Waals surface area contributed by atoms with Crippen LogP contribution in [-0.4, -0.2) is 11.0 Å². The van der Waals surface area contributed by atoms with Gasteiger partial charge in [-0.3, -0.25) is 0 Å². The molecule has 0 fully saturated rings. The third-order valence-corrected chi connectivity index (χ3v) is 5.02. The molecule has 27 heavy (non-hydrogen) atoms. The number of aliphatic hydroxyl groups is 1. The van der Waals surface area contributed by atoms with Gasteiger partial charge in [-0.1, -0.05) is 0 Å². The molecule has 2 aliphatic carbocycles. The van der Waals surface area contributed by atoms with Gasteiger partial charge in [-0.25, -0.2) is 4.39 Å². The molecule has 140 valence electrons. The molecule has 4 rings (SSSR count). The number of halogens is 5. The van der Waals surface area contributed by atoms with Crippen LogP contribution in [0.5, 0.6) is 11.5 Å². The van der Waals surface area contributed by atoms with Gasteiger partial charge in [0.15, 0.2) is 0 Å². The zero-order valence-corrected chi connectivity index (χ0v) is 13.4. The first-order chi connectivity index (χ1) is 12.5. The lowest BCUT2D eigenvalue weighted by Gasteiger charge is -2.31. The Morgan fingerprint density at radius 3 is 2.56 bits per heavy atom. The molecule has 2 atom stereocenters. The van der Waals surface area contributed by atoms with E-state index in [0.717, 1.165) is 24.3 Å². The number of hydrogen-bond donors (Lipinski definition) is 2. The quantitative estimate of drug-likeness (QED) is 0.774. The van der Waals surface area contributed by atoms with Gasteiger partial charge in [-0.2, -0.15) is 22.8 Å². The van der Waals surface area contributed by atoms with Gasteiger partial charge in [-0.15, -0.1) is 0 Å². The summed E-state index contributed by atoms with van der Waals surface area (Å²) in [6, 6.07) is 6.55. The molecule has 4 nitrogen and oxygen atoms in total. The van der Waals surface area contributed by atoms with Crippen LogP contribution < -0.4 is 10.5 Å². The van der Waals surface area contributed by atoms with Crippen LogP contribution in [0.1, 0.15) is 34.8 Å². The fraction of sp³-hybridized carbons (Fsp3) is 0.278. The standard InChI is InChI=1S/C18H11F5N2O2/c19-9-3-8(7-24)4-10(5-9)27-13-2-1-11-15-14(13)12(26)6-16(15,25)18(22,23)17(11,20)21/h1-5,12,26H,6,25H2. The molecule has 2 aliphatic rings. The third-order valence-electron chi connectivity index (χ3n) is 5.02. The monoisotopic (exact) mass is 382 g/mol. The molecule has 0 bridgehead atoms. The Hall–Kier alpha value is -2.70. The predicted molar refractivity (Wildman–Crippen MR) is 81.9 cm³/mol. The molecule has 0 radical (unpaired) electrons. The minimum Gasteiger partial charge on any atom is -0.457 e. The second kappa shape index (κ2) is 5.18. The predicted octanol–water partition coefficient (Wildman–Crippen LogP) is 3.82. The number of alkyl halides is 4. The van der Waals surface area contributed by atoms with E-state index in [9.17, 15) is 27.1 Å². The molecule has 0 saturated carbocycles. The van der Waals surface area contributed by atoms with Crippen molar-refractivity contribution in [3.05, 3.63) is 58.4 Å². The van der Waals surface area contributed by atoms with E-state index >= 15 is 0 Å². The Bertz CT molecular complexity index is 1020. The Labute approximate surface area is 149 Å². The molecule has 0 aliphatic heterocycles. The molecular weight excluding hydrogens is 371 g/mol. The Kier molecular flexibility index (Phi) is 3.40. The lowest BCUT2D eigenvalue weighted by atomic mass is 9.91. The van der Waals surface area contributed by atoms with Crippen LogP contribution in [0.25, 0.3) is 0 Å². The molecule has 2 aromatic rings. The maximum atomic E-state index is 14.4. The minimum atomic E-state index is -4.60. The van der Waals surface area contributed by atoms with E-state index in [-0.39, 0.29) is 22.6 Å². The number of nitriles is 1. The van der Waals surface area contributed by atoms with Crippen molar-refractivity contribution >= 4 is 0 Å². The van der Waals surface area contributed by atoms with Crippen LogP contribution in [-0.2, 0) is 11.5 Å². The van der Waals surface area contributed by atoms with Gasteiger partial charge in [0.1, 0.15) is 22.9 Å². The number of aliphatic hydroxyl groups excluding tert-OH is 1. The molecule has 9 heteroatoms. The summed E-state index contributed by atoms with van der Waals surface area (Å²) in [5.74, 6) is -10.2. The highest BCUT2D eigenvalue weighted by Crippen LogP contribution is 2.66. The highest BCUT2D eigenvalue weighted by atomic mass is 19.3. The van der Waals surface area contributed by atoms with Crippen LogP contribution in [0, 0.1) is 17.1 Å². The fourth-order valence-corrected chi connectivity index (χ4v) is 3.82. The number of nitrogens with zero attached hydrogens (tertiary/aromatic N) is 1. The van der Waals surface area contributed by atoms with Crippen molar-refractivity contribution in [1.82, 2.24) is 0 Å². The van der Waals surface area contributed by atoms with E-state index in [2.05, 4.69) is 0 Å². The number of benzene rings is 2. The minimum absolute atomic E-state index is 0.0608. The molecule has 0 saturated heterocycles. The Morgan fingerprint density at radius 1 is 1.19 bits per heavy atom. The molecule has 0 amide bonds. The fourth-order valence-electron chi connectivity index (χ4n) is 3.82. The summed E-state index contributed by atoms with van der Waals surface area (Å²) in [7, 11) is 0.